The number of hydrogen-bond donors (Lipinski definition) is 3. The average molecular weight is 373 g/mol. The smallest absolute Gasteiger partial charge is 0.269 e. The fraction of sp³-hybridized carbons (Fsp3) is 0.231. The van der Waals surface area contributed by atoms with Gasteiger partial charge >= 0.3 is 0 Å². The van der Waals surface area contributed by atoms with E-state index in [9.17, 15) is 9.18 Å². The number of halogens is 2. The summed E-state index contributed by atoms with van der Waals surface area (Å²) < 4.78 is 13.8. The van der Waals surface area contributed by atoms with Gasteiger partial charge in [-0.1, -0.05) is 11.3 Å². The Hall–Kier alpha value is -1.67. The Morgan fingerprint density at radius 1 is 1.48 bits per heavy atom. The molecule has 0 atom stereocenters. The van der Waals surface area contributed by atoms with Gasteiger partial charge in [-0.05, 0) is 48.0 Å². The Bertz CT molecular complexity index is 674. The van der Waals surface area contributed by atoms with Crippen molar-refractivity contribution in [2.24, 2.45) is 0 Å². The molecule has 1 amide bonds. The average Bonchev–Trinajstić information content (AvgIpc) is 2.74. The number of nitrogens with one attached hydrogen (secondary N) is 2. The minimum absolute atomic E-state index is 0.151. The largest absolute Gasteiger partial charge is 0.382 e. The zero-order chi connectivity index (χ0) is 15.6. The molecule has 21 heavy (non-hydrogen) atoms. The first-order valence-corrected chi connectivity index (χ1v) is 7.77. The second-order valence-electron chi connectivity index (χ2n) is 4.62. The Labute approximate surface area is 133 Å². The summed E-state index contributed by atoms with van der Waals surface area (Å²) in [7, 11) is 0. The minimum Gasteiger partial charge on any atom is -0.382 e. The second-order valence-corrected chi connectivity index (χ2v) is 6.47. The molecule has 4 N–H and O–H groups in total. The third kappa shape index (κ3) is 3.92. The third-order valence-electron chi connectivity index (χ3n) is 2.45. The summed E-state index contributed by atoms with van der Waals surface area (Å²) in [5, 5.41) is 6.26. The first kappa shape index (κ1) is 15.7. The van der Waals surface area contributed by atoms with Gasteiger partial charge in [0.1, 0.15) is 16.5 Å². The molecule has 2 rings (SSSR count). The number of amides is 1. The van der Waals surface area contributed by atoms with Crippen LogP contribution in [0.1, 0.15) is 23.5 Å². The fourth-order valence-electron chi connectivity index (χ4n) is 1.57. The Morgan fingerprint density at radius 3 is 2.81 bits per heavy atom. The number of carbonyl (C=O) groups excluding carboxylic acids is 1. The maximum atomic E-state index is 13.4. The summed E-state index contributed by atoms with van der Waals surface area (Å²) in [4.78, 5) is 16.5. The van der Waals surface area contributed by atoms with Crippen LogP contribution in [0, 0.1) is 5.82 Å². The molecule has 1 heterocycles. The van der Waals surface area contributed by atoms with Gasteiger partial charge in [-0.25, -0.2) is 9.37 Å². The molecule has 0 fully saturated rings. The molecule has 0 aliphatic carbocycles. The number of hydrogen-bond acceptors (Lipinski definition) is 5. The number of nitrogens with two attached hydrogens (primary N) is 1. The molecule has 0 aliphatic heterocycles. The number of rotatable bonds is 4. The van der Waals surface area contributed by atoms with Crippen molar-refractivity contribution in [3.63, 3.8) is 0 Å². The van der Waals surface area contributed by atoms with E-state index in [1.165, 1.54) is 12.1 Å². The second kappa shape index (κ2) is 6.40. The number of thiazole rings is 1. The van der Waals surface area contributed by atoms with Crippen LogP contribution in [-0.2, 0) is 0 Å². The number of carbonyl (C=O) groups is 1. The van der Waals surface area contributed by atoms with Crippen molar-refractivity contribution in [2.45, 2.75) is 19.9 Å². The molecule has 1 aromatic carbocycles. The standard InChI is InChI=1S/C13H14BrFN4OS/c1-6(2)17-13-19-11(16)10(21-13)12(20)18-7-3-4-8(14)9(15)5-7/h3-6H,16H2,1-2H3,(H,17,19)(H,18,20). The van der Waals surface area contributed by atoms with Crippen LogP contribution < -0.4 is 16.4 Å². The SMILES string of the molecule is CC(C)Nc1nc(N)c(C(=O)Nc2ccc(Br)c(F)c2)s1. The van der Waals surface area contributed by atoms with Gasteiger partial charge in [0.15, 0.2) is 5.13 Å². The summed E-state index contributed by atoms with van der Waals surface area (Å²) in [6.45, 7) is 3.92. The summed E-state index contributed by atoms with van der Waals surface area (Å²) in [5.41, 5.74) is 6.10. The van der Waals surface area contributed by atoms with E-state index in [1.54, 1.807) is 6.07 Å². The van der Waals surface area contributed by atoms with Gasteiger partial charge in [0.2, 0.25) is 0 Å². The zero-order valence-corrected chi connectivity index (χ0v) is 13.8. The van der Waals surface area contributed by atoms with Crippen molar-refractivity contribution < 1.29 is 9.18 Å². The maximum Gasteiger partial charge on any atom is 0.269 e. The molecule has 112 valence electrons. The lowest BCUT2D eigenvalue weighted by Crippen LogP contribution is -2.12. The van der Waals surface area contributed by atoms with E-state index in [4.69, 9.17) is 5.73 Å². The number of anilines is 3. The highest BCUT2D eigenvalue weighted by Gasteiger charge is 2.17. The van der Waals surface area contributed by atoms with Gasteiger partial charge in [0.05, 0.1) is 4.47 Å². The first-order valence-electron chi connectivity index (χ1n) is 6.16. The minimum atomic E-state index is -0.452. The van der Waals surface area contributed by atoms with Crippen LogP contribution in [0.5, 0.6) is 0 Å². The summed E-state index contributed by atoms with van der Waals surface area (Å²) >= 11 is 4.21. The van der Waals surface area contributed by atoms with Gasteiger partial charge in [-0.3, -0.25) is 4.79 Å². The molecule has 0 bridgehead atoms. The van der Waals surface area contributed by atoms with Crippen LogP contribution >= 0.6 is 27.3 Å². The molecule has 0 spiro atoms. The molecule has 1 aromatic heterocycles. The third-order valence-corrected chi connectivity index (χ3v) is 4.09. The molecule has 0 saturated carbocycles. The van der Waals surface area contributed by atoms with Crippen molar-refractivity contribution in [3.8, 4) is 0 Å². The normalized spacial score (nSPS) is 10.7. The van der Waals surface area contributed by atoms with Crippen LogP contribution in [0.2, 0.25) is 0 Å². The van der Waals surface area contributed by atoms with Crippen molar-refractivity contribution in [2.75, 3.05) is 16.4 Å². The lowest BCUT2D eigenvalue weighted by molar-refractivity contribution is 0.103. The Morgan fingerprint density at radius 2 is 2.19 bits per heavy atom. The predicted octanol–water partition coefficient (Wildman–Crippen LogP) is 3.70. The van der Waals surface area contributed by atoms with E-state index in [1.807, 2.05) is 13.8 Å². The fourth-order valence-corrected chi connectivity index (χ4v) is 2.74. The van der Waals surface area contributed by atoms with Crippen LogP contribution in [0.25, 0.3) is 0 Å². The van der Waals surface area contributed by atoms with Crippen LogP contribution in [0.15, 0.2) is 22.7 Å². The van der Waals surface area contributed by atoms with E-state index < -0.39 is 11.7 Å². The van der Waals surface area contributed by atoms with Crippen LogP contribution in [0.4, 0.5) is 21.0 Å². The van der Waals surface area contributed by atoms with Crippen molar-refractivity contribution in [1.82, 2.24) is 4.98 Å². The first-order chi connectivity index (χ1) is 9.86. The van der Waals surface area contributed by atoms with Crippen molar-refractivity contribution in [3.05, 3.63) is 33.4 Å². The number of nitrogens with zero attached hydrogens (tertiary/aromatic N) is 1. The quantitative estimate of drug-likeness (QED) is 0.764. The molecular formula is C13H14BrFN4OS. The van der Waals surface area contributed by atoms with E-state index in [0.717, 1.165) is 11.3 Å². The predicted molar refractivity (Wildman–Crippen MR) is 87.3 cm³/mol. The van der Waals surface area contributed by atoms with Crippen LogP contribution in [-0.4, -0.2) is 16.9 Å². The van der Waals surface area contributed by atoms with E-state index in [-0.39, 0.29) is 11.9 Å². The van der Waals surface area contributed by atoms with E-state index >= 15 is 0 Å². The van der Waals surface area contributed by atoms with Gasteiger partial charge < -0.3 is 16.4 Å². The zero-order valence-electron chi connectivity index (χ0n) is 11.4. The molecule has 8 heteroatoms. The van der Waals surface area contributed by atoms with Gasteiger partial charge in [0, 0.05) is 11.7 Å². The maximum absolute atomic E-state index is 13.4. The summed E-state index contributed by atoms with van der Waals surface area (Å²) in [5.74, 6) is -0.714. The van der Waals surface area contributed by atoms with E-state index in [0.29, 0.717) is 20.2 Å². The number of nitrogen functional groups attached to an aromatic ring is 1. The van der Waals surface area contributed by atoms with Gasteiger partial charge in [-0.2, -0.15) is 0 Å². The Balaban J connectivity index is 2.16. The highest BCUT2D eigenvalue weighted by atomic mass is 79.9. The topological polar surface area (TPSA) is 80.0 Å². The molecule has 0 radical (unpaired) electrons. The molecule has 0 unspecified atom stereocenters. The van der Waals surface area contributed by atoms with E-state index in [2.05, 4.69) is 31.5 Å². The van der Waals surface area contributed by atoms with Crippen molar-refractivity contribution in [1.29, 1.82) is 0 Å². The summed E-state index contributed by atoms with van der Waals surface area (Å²) in [6, 6.07) is 4.53. The molecule has 2 aromatic rings. The molecule has 5 nitrogen and oxygen atoms in total. The lowest BCUT2D eigenvalue weighted by atomic mass is 10.3. The number of benzene rings is 1. The van der Waals surface area contributed by atoms with Crippen LogP contribution in [0.3, 0.4) is 0 Å². The van der Waals surface area contributed by atoms with Gasteiger partial charge in [-0.15, -0.1) is 0 Å². The highest BCUT2D eigenvalue weighted by molar-refractivity contribution is 9.10. The summed E-state index contributed by atoms with van der Waals surface area (Å²) in [6.07, 6.45) is 0. The number of aromatic nitrogens is 1. The van der Waals surface area contributed by atoms with Crippen molar-refractivity contribution >= 4 is 49.8 Å². The highest BCUT2D eigenvalue weighted by Crippen LogP contribution is 2.27. The Kier molecular flexibility index (Phi) is 4.79. The van der Waals surface area contributed by atoms with Gasteiger partial charge in [0.25, 0.3) is 5.91 Å². The lowest BCUT2D eigenvalue weighted by Gasteiger charge is -2.05. The molecule has 0 saturated heterocycles. The molecule has 0 aliphatic rings. The molecular weight excluding hydrogens is 359 g/mol. The monoisotopic (exact) mass is 372 g/mol.